The van der Waals surface area contributed by atoms with E-state index in [-0.39, 0.29) is 0 Å². The van der Waals surface area contributed by atoms with Crippen molar-refractivity contribution < 1.29 is 4.74 Å². The molecule has 2 aromatic heterocycles. The number of fused-ring (bicyclic) bond motifs is 1. The van der Waals surface area contributed by atoms with Crippen LogP contribution in [0.4, 0.5) is 0 Å². The first kappa shape index (κ1) is 11.6. The number of aryl methyl sites for hydroxylation is 1. The van der Waals surface area contributed by atoms with Crippen LogP contribution in [0, 0.1) is 6.92 Å². The smallest absolute Gasteiger partial charge is 0.155 e. The number of rotatable bonds is 4. The molecule has 1 fully saturated rings. The number of hydrogen-bond donors (Lipinski definition) is 1. The van der Waals surface area contributed by atoms with Crippen LogP contribution in [0.3, 0.4) is 0 Å². The maximum Gasteiger partial charge on any atom is 0.155 e. The summed E-state index contributed by atoms with van der Waals surface area (Å²) in [4.78, 5) is 4.39. The van der Waals surface area contributed by atoms with Crippen molar-refractivity contribution in [2.45, 2.75) is 38.5 Å². The van der Waals surface area contributed by atoms with Gasteiger partial charge in [0.05, 0.1) is 11.8 Å². The molecule has 0 aliphatic heterocycles. The topological polar surface area (TPSA) is 51.5 Å². The molecule has 2 heterocycles. The fourth-order valence-corrected chi connectivity index (χ4v) is 2.31. The second-order valence-electron chi connectivity index (χ2n) is 4.96. The van der Waals surface area contributed by atoms with Crippen molar-refractivity contribution in [1.82, 2.24) is 19.9 Å². The van der Waals surface area contributed by atoms with E-state index >= 15 is 0 Å². The van der Waals surface area contributed by atoms with Gasteiger partial charge in [-0.2, -0.15) is 5.10 Å². The molecule has 0 spiro atoms. The highest BCUT2D eigenvalue weighted by Gasteiger charge is 2.28. The molecule has 96 valence electrons. The highest BCUT2D eigenvalue weighted by molar-refractivity contribution is 5.38. The Kier molecular flexibility index (Phi) is 3.01. The van der Waals surface area contributed by atoms with Gasteiger partial charge in [-0.05, 0) is 19.8 Å². The number of nitrogens with one attached hydrogen (secondary N) is 1. The summed E-state index contributed by atoms with van der Waals surface area (Å²) in [5, 5.41) is 7.88. The molecule has 0 bridgehead atoms. The molecule has 5 nitrogen and oxygen atoms in total. The third kappa shape index (κ3) is 2.23. The quantitative estimate of drug-likeness (QED) is 0.883. The van der Waals surface area contributed by atoms with Crippen LogP contribution in [0.5, 0.6) is 0 Å². The van der Waals surface area contributed by atoms with Gasteiger partial charge in [-0.3, -0.25) is 0 Å². The molecule has 18 heavy (non-hydrogen) atoms. The highest BCUT2D eigenvalue weighted by atomic mass is 16.5. The Morgan fingerprint density at radius 2 is 2.33 bits per heavy atom. The van der Waals surface area contributed by atoms with Crippen molar-refractivity contribution >= 4 is 5.65 Å². The fourth-order valence-electron chi connectivity index (χ4n) is 2.31. The maximum absolute atomic E-state index is 5.26. The van der Waals surface area contributed by atoms with Gasteiger partial charge in [0.25, 0.3) is 0 Å². The van der Waals surface area contributed by atoms with Crippen LogP contribution in [0.1, 0.15) is 24.1 Å². The van der Waals surface area contributed by atoms with Crippen molar-refractivity contribution in [3.63, 3.8) is 0 Å². The number of ether oxygens (including phenoxy) is 1. The number of aromatic nitrogens is 3. The third-order valence-electron chi connectivity index (χ3n) is 3.51. The number of nitrogens with zero attached hydrogens (tertiary/aromatic N) is 3. The Hall–Kier alpha value is -1.46. The van der Waals surface area contributed by atoms with E-state index in [1.807, 2.05) is 29.9 Å². The lowest BCUT2D eigenvalue weighted by molar-refractivity contribution is 0.0170. The minimum absolute atomic E-state index is 0.442. The van der Waals surface area contributed by atoms with E-state index in [9.17, 15) is 0 Å². The van der Waals surface area contributed by atoms with E-state index in [2.05, 4.69) is 15.4 Å². The summed E-state index contributed by atoms with van der Waals surface area (Å²) in [5.74, 6) is 0. The predicted octanol–water partition coefficient (Wildman–Crippen LogP) is 1.30. The molecular formula is C13H18N4O. The average molecular weight is 246 g/mol. The molecule has 1 aliphatic rings. The standard InChI is InChI=1S/C13H18N4O/c1-9-3-13-15-7-10(8-17(13)16-9)6-14-11-4-12(5-11)18-2/h3,7-8,11-12,14H,4-6H2,1-2H3. The van der Waals surface area contributed by atoms with Crippen molar-refractivity contribution in [2.24, 2.45) is 0 Å². The molecule has 0 saturated heterocycles. The van der Waals surface area contributed by atoms with E-state index in [4.69, 9.17) is 4.74 Å². The molecule has 0 unspecified atom stereocenters. The van der Waals surface area contributed by atoms with Gasteiger partial charge >= 0.3 is 0 Å². The summed E-state index contributed by atoms with van der Waals surface area (Å²) in [7, 11) is 1.78. The zero-order valence-corrected chi connectivity index (χ0v) is 10.8. The van der Waals surface area contributed by atoms with Gasteiger partial charge < -0.3 is 10.1 Å². The van der Waals surface area contributed by atoms with Crippen LogP contribution in [-0.2, 0) is 11.3 Å². The molecule has 0 atom stereocenters. The number of hydrogen-bond acceptors (Lipinski definition) is 4. The molecule has 2 aromatic rings. The first-order valence-electron chi connectivity index (χ1n) is 6.31. The van der Waals surface area contributed by atoms with Crippen LogP contribution in [0.25, 0.3) is 5.65 Å². The molecule has 1 aliphatic carbocycles. The maximum atomic E-state index is 5.26. The van der Waals surface area contributed by atoms with Crippen molar-refractivity contribution in [2.75, 3.05) is 7.11 Å². The lowest BCUT2D eigenvalue weighted by Gasteiger charge is -2.34. The second-order valence-corrected chi connectivity index (χ2v) is 4.96. The Bertz CT molecular complexity index is 545. The minimum Gasteiger partial charge on any atom is -0.381 e. The molecule has 0 amide bonds. The van der Waals surface area contributed by atoms with Crippen LogP contribution >= 0.6 is 0 Å². The van der Waals surface area contributed by atoms with Crippen LogP contribution in [0.15, 0.2) is 18.5 Å². The summed E-state index contributed by atoms with van der Waals surface area (Å²) in [6.45, 7) is 2.81. The van der Waals surface area contributed by atoms with E-state index in [0.29, 0.717) is 12.1 Å². The number of methoxy groups -OCH3 is 1. The summed E-state index contributed by atoms with van der Waals surface area (Å²) in [5.41, 5.74) is 3.06. The van der Waals surface area contributed by atoms with E-state index in [1.54, 1.807) is 7.11 Å². The first-order chi connectivity index (χ1) is 8.74. The van der Waals surface area contributed by atoms with Crippen molar-refractivity contribution in [3.8, 4) is 0 Å². The summed E-state index contributed by atoms with van der Waals surface area (Å²) >= 11 is 0. The molecule has 0 radical (unpaired) electrons. The minimum atomic E-state index is 0.442. The predicted molar refractivity (Wildman–Crippen MR) is 68.4 cm³/mol. The lowest BCUT2D eigenvalue weighted by Crippen LogP contribution is -2.44. The summed E-state index contributed by atoms with van der Waals surface area (Å²) in [6, 6.07) is 2.55. The molecule has 1 saturated carbocycles. The molecule has 0 aromatic carbocycles. The third-order valence-corrected chi connectivity index (χ3v) is 3.51. The van der Waals surface area contributed by atoms with Crippen molar-refractivity contribution in [3.05, 3.63) is 29.7 Å². The largest absolute Gasteiger partial charge is 0.381 e. The van der Waals surface area contributed by atoms with Crippen LogP contribution in [0.2, 0.25) is 0 Å². The molecule has 3 rings (SSSR count). The zero-order chi connectivity index (χ0) is 12.5. The summed E-state index contributed by atoms with van der Waals surface area (Å²) < 4.78 is 7.10. The van der Waals surface area contributed by atoms with Gasteiger partial charge in [0, 0.05) is 43.7 Å². The van der Waals surface area contributed by atoms with E-state index < -0.39 is 0 Å². The molecule has 1 N–H and O–H groups in total. The first-order valence-corrected chi connectivity index (χ1v) is 6.31. The summed E-state index contributed by atoms with van der Waals surface area (Å²) in [6.07, 6.45) is 6.60. The Morgan fingerprint density at radius 1 is 1.50 bits per heavy atom. The van der Waals surface area contributed by atoms with Gasteiger partial charge in [0.15, 0.2) is 5.65 Å². The normalized spacial score (nSPS) is 23.2. The average Bonchev–Trinajstić information content (AvgIpc) is 2.66. The Labute approximate surface area is 106 Å². The monoisotopic (exact) mass is 246 g/mol. The highest BCUT2D eigenvalue weighted by Crippen LogP contribution is 2.22. The van der Waals surface area contributed by atoms with E-state index in [1.165, 1.54) is 0 Å². The SMILES string of the molecule is COC1CC(NCc2cnc3cc(C)nn3c2)C1. The van der Waals surface area contributed by atoms with Gasteiger partial charge in [0.1, 0.15) is 0 Å². The van der Waals surface area contributed by atoms with E-state index in [0.717, 1.165) is 36.3 Å². The van der Waals surface area contributed by atoms with Gasteiger partial charge in [-0.15, -0.1) is 0 Å². The second kappa shape index (κ2) is 4.66. The Morgan fingerprint density at radius 3 is 3.11 bits per heavy atom. The molecular weight excluding hydrogens is 228 g/mol. The van der Waals surface area contributed by atoms with Gasteiger partial charge in [-0.1, -0.05) is 0 Å². The van der Waals surface area contributed by atoms with Crippen LogP contribution < -0.4 is 5.32 Å². The van der Waals surface area contributed by atoms with Crippen LogP contribution in [-0.4, -0.2) is 33.9 Å². The lowest BCUT2D eigenvalue weighted by atomic mass is 9.89. The Balaban J connectivity index is 1.61. The van der Waals surface area contributed by atoms with Gasteiger partial charge in [0.2, 0.25) is 0 Å². The molecule has 5 heteroatoms. The fraction of sp³-hybridized carbons (Fsp3) is 0.538. The van der Waals surface area contributed by atoms with Crippen molar-refractivity contribution in [1.29, 1.82) is 0 Å². The zero-order valence-electron chi connectivity index (χ0n) is 10.8. The van der Waals surface area contributed by atoms with Gasteiger partial charge in [-0.25, -0.2) is 9.50 Å².